The maximum atomic E-state index is 12.4. The fourth-order valence-corrected chi connectivity index (χ4v) is 5.06. The summed E-state index contributed by atoms with van der Waals surface area (Å²) in [5.41, 5.74) is 6.78. The van der Waals surface area contributed by atoms with Gasteiger partial charge in [-0.15, -0.1) is 21.5 Å². The Hall–Kier alpha value is -2.92. The number of nitrogens with zero attached hydrogens (tertiary/aromatic N) is 5. The van der Waals surface area contributed by atoms with Gasteiger partial charge in [0, 0.05) is 37.4 Å². The molecule has 2 N–H and O–H groups in total. The first-order valence-electron chi connectivity index (χ1n) is 10.5. The fourth-order valence-electron chi connectivity index (χ4n) is 3.22. The number of para-hydroxylation sites is 2. The molecule has 11 heteroatoms. The summed E-state index contributed by atoms with van der Waals surface area (Å²) in [5, 5.41) is 11.9. The van der Waals surface area contributed by atoms with E-state index in [4.69, 9.17) is 10.5 Å². The molecule has 0 unspecified atom stereocenters. The number of anilines is 2. The molecule has 0 aliphatic rings. The Kier molecular flexibility index (Phi) is 8.45. The van der Waals surface area contributed by atoms with Crippen LogP contribution in [0.5, 0.6) is 5.75 Å². The van der Waals surface area contributed by atoms with Gasteiger partial charge in [-0.05, 0) is 18.1 Å². The summed E-state index contributed by atoms with van der Waals surface area (Å²) in [6.45, 7) is 6.49. The monoisotopic (exact) mass is 488 g/mol. The van der Waals surface area contributed by atoms with Crippen molar-refractivity contribution in [2.24, 2.45) is 11.7 Å². The number of hydrogen-bond donors (Lipinski definition) is 1. The number of aromatic nitrogens is 4. The molecule has 0 fully saturated rings. The predicted molar refractivity (Wildman–Crippen MR) is 130 cm³/mol. The molecule has 9 nitrogen and oxygen atoms in total. The number of carbonyl (C=O) groups is 2. The summed E-state index contributed by atoms with van der Waals surface area (Å²) in [6.07, 6.45) is 0.698. The summed E-state index contributed by atoms with van der Waals surface area (Å²) < 4.78 is 7.47. The van der Waals surface area contributed by atoms with E-state index in [2.05, 4.69) is 29.0 Å². The summed E-state index contributed by atoms with van der Waals surface area (Å²) in [5.74, 6) is 1.81. The number of primary amides is 1. The number of thioether (sulfide) groups is 1. The minimum atomic E-state index is -0.358. The summed E-state index contributed by atoms with van der Waals surface area (Å²) in [4.78, 5) is 29.9. The molecule has 0 spiro atoms. The van der Waals surface area contributed by atoms with Crippen LogP contribution in [0.25, 0.3) is 0 Å². The molecule has 0 aliphatic heterocycles. The number of thiazole rings is 1. The second-order valence-corrected chi connectivity index (χ2v) is 9.58. The number of hydrogen-bond acceptors (Lipinski definition) is 8. The lowest BCUT2D eigenvalue weighted by atomic mass is 10.2. The third kappa shape index (κ3) is 6.32. The van der Waals surface area contributed by atoms with Gasteiger partial charge >= 0.3 is 0 Å². The van der Waals surface area contributed by atoms with Crippen LogP contribution in [-0.4, -0.2) is 38.7 Å². The lowest BCUT2D eigenvalue weighted by Gasteiger charge is -2.20. The summed E-state index contributed by atoms with van der Waals surface area (Å²) >= 11 is 2.92. The minimum absolute atomic E-state index is 0.149. The second-order valence-electron chi connectivity index (χ2n) is 7.81. The van der Waals surface area contributed by atoms with Crippen molar-refractivity contribution < 1.29 is 14.3 Å². The third-order valence-electron chi connectivity index (χ3n) is 4.66. The molecule has 0 saturated heterocycles. The predicted octanol–water partition coefficient (Wildman–Crippen LogP) is 3.79. The van der Waals surface area contributed by atoms with Crippen LogP contribution in [0.3, 0.4) is 0 Å². The average molecular weight is 489 g/mol. The number of rotatable bonds is 11. The standard InChI is InChI=1S/C22H28N6O3S2/c1-14(2)11-27-20(10-9-19(23)30)25-26-22(27)33-13-16-12-32-21(24-16)28(15(3)29)17-7-5-6-8-18(17)31-4/h5-8,12,14H,9-11,13H2,1-4H3,(H2,23,30). The van der Waals surface area contributed by atoms with Crippen molar-refractivity contribution in [3.05, 3.63) is 41.2 Å². The Morgan fingerprint density at radius 2 is 2.03 bits per heavy atom. The number of amides is 2. The average Bonchev–Trinajstić information content (AvgIpc) is 3.37. The maximum absolute atomic E-state index is 12.4. The zero-order valence-corrected chi connectivity index (χ0v) is 20.8. The zero-order valence-electron chi connectivity index (χ0n) is 19.1. The molecule has 0 bridgehead atoms. The molecular formula is C22H28N6O3S2. The second kappa shape index (κ2) is 11.3. The van der Waals surface area contributed by atoms with E-state index < -0.39 is 0 Å². The van der Waals surface area contributed by atoms with Gasteiger partial charge in [0.15, 0.2) is 10.3 Å². The van der Waals surface area contributed by atoms with Crippen molar-refractivity contribution >= 4 is 45.7 Å². The lowest BCUT2D eigenvalue weighted by Crippen LogP contribution is -2.23. The van der Waals surface area contributed by atoms with Crippen molar-refractivity contribution in [2.75, 3.05) is 12.0 Å². The highest BCUT2D eigenvalue weighted by Gasteiger charge is 2.22. The highest BCUT2D eigenvalue weighted by atomic mass is 32.2. The van der Waals surface area contributed by atoms with Crippen LogP contribution < -0.4 is 15.4 Å². The van der Waals surface area contributed by atoms with Gasteiger partial charge in [-0.1, -0.05) is 37.7 Å². The lowest BCUT2D eigenvalue weighted by molar-refractivity contribution is -0.118. The zero-order chi connectivity index (χ0) is 24.0. The van der Waals surface area contributed by atoms with Gasteiger partial charge < -0.3 is 15.0 Å². The summed E-state index contributed by atoms with van der Waals surface area (Å²) in [7, 11) is 1.58. The highest BCUT2D eigenvalue weighted by Crippen LogP contribution is 2.36. The number of benzene rings is 1. The van der Waals surface area contributed by atoms with Crippen LogP contribution in [0, 0.1) is 5.92 Å². The molecule has 2 amide bonds. The largest absolute Gasteiger partial charge is 0.495 e. The number of nitrogens with two attached hydrogens (primary N) is 1. The van der Waals surface area contributed by atoms with E-state index >= 15 is 0 Å². The van der Waals surface area contributed by atoms with Crippen LogP contribution in [0.15, 0.2) is 34.8 Å². The fraction of sp³-hybridized carbons (Fsp3) is 0.409. The number of methoxy groups -OCH3 is 1. The Morgan fingerprint density at radius 1 is 1.27 bits per heavy atom. The van der Waals surface area contributed by atoms with Crippen molar-refractivity contribution in [1.82, 2.24) is 19.7 Å². The quantitative estimate of drug-likeness (QED) is 0.408. The van der Waals surface area contributed by atoms with Gasteiger partial charge in [0.05, 0.1) is 18.5 Å². The van der Waals surface area contributed by atoms with Crippen LogP contribution in [0.2, 0.25) is 0 Å². The number of ether oxygens (including phenoxy) is 1. The molecule has 2 heterocycles. The van der Waals surface area contributed by atoms with Gasteiger partial charge in [-0.25, -0.2) is 4.98 Å². The van der Waals surface area contributed by atoms with E-state index in [0.717, 1.165) is 23.2 Å². The van der Waals surface area contributed by atoms with E-state index in [0.29, 0.717) is 34.7 Å². The molecule has 2 aromatic heterocycles. The Balaban J connectivity index is 1.78. The molecular weight excluding hydrogens is 460 g/mol. The molecule has 1 aromatic carbocycles. The van der Waals surface area contributed by atoms with Crippen LogP contribution in [-0.2, 0) is 28.3 Å². The smallest absolute Gasteiger partial charge is 0.230 e. The van der Waals surface area contributed by atoms with Crippen molar-refractivity contribution in [3.8, 4) is 5.75 Å². The van der Waals surface area contributed by atoms with E-state index in [-0.39, 0.29) is 18.2 Å². The molecule has 3 rings (SSSR count). The van der Waals surface area contributed by atoms with Crippen LogP contribution in [0.1, 0.15) is 38.7 Å². The van der Waals surface area contributed by atoms with E-state index in [9.17, 15) is 9.59 Å². The molecule has 176 valence electrons. The molecule has 3 aromatic rings. The Labute approximate surface area is 201 Å². The highest BCUT2D eigenvalue weighted by molar-refractivity contribution is 7.98. The summed E-state index contributed by atoms with van der Waals surface area (Å²) in [6, 6.07) is 7.36. The number of carbonyl (C=O) groups excluding carboxylic acids is 2. The van der Waals surface area contributed by atoms with E-state index in [1.165, 1.54) is 30.0 Å². The van der Waals surface area contributed by atoms with Gasteiger partial charge in [0.25, 0.3) is 0 Å². The third-order valence-corrected chi connectivity index (χ3v) is 6.53. The number of aryl methyl sites for hydroxylation is 1. The molecule has 33 heavy (non-hydrogen) atoms. The van der Waals surface area contributed by atoms with Crippen molar-refractivity contribution in [3.63, 3.8) is 0 Å². The minimum Gasteiger partial charge on any atom is -0.495 e. The molecule has 0 atom stereocenters. The molecule has 0 radical (unpaired) electrons. The first-order valence-corrected chi connectivity index (χ1v) is 12.4. The van der Waals surface area contributed by atoms with E-state index in [1.807, 2.05) is 34.2 Å². The van der Waals surface area contributed by atoms with Crippen molar-refractivity contribution in [1.29, 1.82) is 0 Å². The SMILES string of the molecule is COc1ccccc1N(C(C)=O)c1nc(CSc2nnc(CCC(N)=O)n2CC(C)C)cs1. The van der Waals surface area contributed by atoms with Crippen molar-refractivity contribution in [2.45, 2.75) is 51.1 Å². The first kappa shape index (κ1) is 24.7. The van der Waals surface area contributed by atoms with Gasteiger partial charge in [-0.3, -0.25) is 14.5 Å². The Morgan fingerprint density at radius 3 is 2.70 bits per heavy atom. The first-order chi connectivity index (χ1) is 15.8. The molecule has 0 aliphatic carbocycles. The van der Waals surface area contributed by atoms with Crippen LogP contribution >= 0.6 is 23.1 Å². The van der Waals surface area contributed by atoms with Gasteiger partial charge in [0.1, 0.15) is 11.6 Å². The van der Waals surface area contributed by atoms with Gasteiger partial charge in [0.2, 0.25) is 11.8 Å². The maximum Gasteiger partial charge on any atom is 0.230 e. The molecule has 0 saturated carbocycles. The van der Waals surface area contributed by atoms with Gasteiger partial charge in [-0.2, -0.15) is 0 Å². The topological polar surface area (TPSA) is 116 Å². The Bertz CT molecular complexity index is 1110. The normalized spacial score (nSPS) is 11.1. The van der Waals surface area contributed by atoms with Crippen LogP contribution in [0.4, 0.5) is 10.8 Å². The van der Waals surface area contributed by atoms with E-state index in [1.54, 1.807) is 12.0 Å².